The number of halogens is 1. The van der Waals surface area contributed by atoms with Gasteiger partial charge in [0.2, 0.25) is 5.91 Å². The maximum absolute atomic E-state index is 15.0. The van der Waals surface area contributed by atoms with Gasteiger partial charge in [-0.25, -0.2) is 14.0 Å². The monoisotopic (exact) mass is 585 g/mol. The Morgan fingerprint density at radius 3 is 2.39 bits per heavy atom. The largest absolute Gasteiger partial charge is 0.490 e. The quantitative estimate of drug-likeness (QED) is 0.405. The molecule has 2 aliphatic heterocycles. The topological polar surface area (TPSA) is 115 Å². The molecule has 0 bridgehead atoms. The number of hydrogen-bond donors (Lipinski definition) is 2. The Balaban J connectivity index is 1.49. The SMILES string of the molecule is CCOC(=O)n1nc2c(c1NC(=O)C1([Si](C)(C)C)CCC1)CN(C(=O)Nc1c(F)ccc3c1OCC3(C)C)C2(C)C. The summed E-state index contributed by atoms with van der Waals surface area (Å²) in [5.74, 6) is -0.176. The lowest BCUT2D eigenvalue weighted by molar-refractivity contribution is -0.121. The first kappa shape index (κ1) is 29.1. The number of amides is 3. The average Bonchev–Trinajstić information content (AvgIpc) is 3.43. The smallest absolute Gasteiger partial charge is 0.436 e. The Kier molecular flexibility index (Phi) is 6.79. The molecule has 0 saturated heterocycles. The number of benzene rings is 1. The van der Waals surface area contributed by atoms with Crippen molar-refractivity contribution in [2.45, 2.75) is 96.1 Å². The molecule has 0 unspecified atom stereocenters. The van der Waals surface area contributed by atoms with Gasteiger partial charge in [0.15, 0.2) is 5.82 Å². The van der Waals surface area contributed by atoms with Crippen molar-refractivity contribution >= 4 is 37.6 Å². The fourth-order valence-corrected chi connectivity index (χ4v) is 8.88. The van der Waals surface area contributed by atoms with Gasteiger partial charge in [-0.15, -0.1) is 4.68 Å². The predicted octanol–water partition coefficient (Wildman–Crippen LogP) is 6.18. The first-order chi connectivity index (χ1) is 19.0. The van der Waals surface area contributed by atoms with E-state index in [4.69, 9.17) is 9.47 Å². The molecule has 5 rings (SSSR count). The summed E-state index contributed by atoms with van der Waals surface area (Å²) < 4.78 is 27.1. The van der Waals surface area contributed by atoms with Gasteiger partial charge >= 0.3 is 12.1 Å². The minimum atomic E-state index is -1.91. The van der Waals surface area contributed by atoms with E-state index in [0.29, 0.717) is 23.6 Å². The third-order valence-electron chi connectivity index (χ3n) is 9.19. The van der Waals surface area contributed by atoms with E-state index in [2.05, 4.69) is 35.4 Å². The van der Waals surface area contributed by atoms with Crippen LogP contribution >= 0.6 is 0 Å². The zero-order chi connectivity index (χ0) is 30.1. The lowest BCUT2D eigenvalue weighted by Gasteiger charge is -2.48. The van der Waals surface area contributed by atoms with Gasteiger partial charge in [0, 0.05) is 21.6 Å². The number of anilines is 2. The highest BCUT2D eigenvalue weighted by Crippen LogP contribution is 2.56. The first-order valence-electron chi connectivity index (χ1n) is 14.2. The van der Waals surface area contributed by atoms with E-state index in [1.54, 1.807) is 26.8 Å². The van der Waals surface area contributed by atoms with E-state index >= 15 is 0 Å². The molecule has 10 nitrogen and oxygen atoms in total. The van der Waals surface area contributed by atoms with Crippen molar-refractivity contribution in [3.05, 3.63) is 34.8 Å². The molecule has 1 aromatic carbocycles. The van der Waals surface area contributed by atoms with Gasteiger partial charge in [-0.05, 0) is 39.7 Å². The highest BCUT2D eigenvalue weighted by molar-refractivity contribution is 6.83. The minimum Gasteiger partial charge on any atom is -0.490 e. The van der Waals surface area contributed by atoms with Crippen LogP contribution in [0.4, 0.5) is 25.5 Å². The van der Waals surface area contributed by atoms with Crippen LogP contribution < -0.4 is 15.4 Å². The third-order valence-corrected chi connectivity index (χ3v) is 12.8. The third kappa shape index (κ3) is 4.41. The Bertz CT molecular complexity index is 1440. The van der Waals surface area contributed by atoms with Crippen LogP contribution in [0.2, 0.25) is 24.7 Å². The van der Waals surface area contributed by atoms with Crippen LogP contribution in [-0.2, 0) is 27.0 Å². The standard InChI is InChI=1S/C29H40FN5O5Si/c1-9-39-26(38)35-23(32-24(36)29(13-10-14-29)41(6,7)8)17-15-34(28(4,5)22(17)33-35)25(37)31-20-19(30)12-11-18-21(20)40-16-27(18,2)3/h11-12H,9-10,13-16H2,1-8H3,(H,31,37)(H,32,36). The molecular weight excluding hydrogens is 545 g/mol. The molecule has 12 heteroatoms. The average molecular weight is 586 g/mol. The van der Waals surface area contributed by atoms with Crippen LogP contribution in [0.5, 0.6) is 5.75 Å². The Morgan fingerprint density at radius 1 is 1.12 bits per heavy atom. The number of nitrogens with zero attached hydrogens (tertiary/aromatic N) is 3. The summed E-state index contributed by atoms with van der Waals surface area (Å²) in [5.41, 5.74) is 0.518. The van der Waals surface area contributed by atoms with Crippen LogP contribution in [0.25, 0.3) is 0 Å². The number of carbonyl (C=O) groups excluding carboxylic acids is 3. The zero-order valence-corrected chi connectivity index (χ0v) is 26.2. The van der Waals surface area contributed by atoms with Crippen LogP contribution in [0, 0.1) is 5.82 Å². The molecule has 2 N–H and O–H groups in total. The molecule has 41 heavy (non-hydrogen) atoms. The molecular formula is C29H40FN5O5Si. The van der Waals surface area contributed by atoms with Crippen molar-refractivity contribution < 1.29 is 28.2 Å². The molecule has 3 aliphatic rings. The van der Waals surface area contributed by atoms with Crippen molar-refractivity contribution in [1.82, 2.24) is 14.7 Å². The maximum Gasteiger partial charge on any atom is 0.436 e. The highest BCUT2D eigenvalue weighted by atomic mass is 28.3. The van der Waals surface area contributed by atoms with Gasteiger partial charge in [0.25, 0.3) is 0 Å². The molecule has 222 valence electrons. The number of rotatable bonds is 5. The molecule has 3 heterocycles. The number of nitrogens with one attached hydrogen (secondary N) is 2. The van der Waals surface area contributed by atoms with Crippen molar-refractivity contribution in [2.75, 3.05) is 23.8 Å². The molecule has 0 spiro atoms. The van der Waals surface area contributed by atoms with Gasteiger partial charge in [0.1, 0.15) is 17.3 Å². The summed E-state index contributed by atoms with van der Waals surface area (Å²) in [6.07, 6.45) is 1.88. The second kappa shape index (κ2) is 9.57. The molecule has 0 atom stereocenters. The fourth-order valence-electron chi connectivity index (χ4n) is 6.28. The molecule has 1 aromatic heterocycles. The van der Waals surface area contributed by atoms with Crippen LogP contribution in [0.15, 0.2) is 12.1 Å². The van der Waals surface area contributed by atoms with E-state index in [9.17, 15) is 18.8 Å². The summed E-state index contributed by atoms with van der Waals surface area (Å²) in [6, 6.07) is 2.47. The number of aromatic nitrogens is 2. The normalized spacial score (nSPS) is 19.5. The molecule has 3 amide bonds. The van der Waals surface area contributed by atoms with E-state index < -0.39 is 36.6 Å². The first-order valence-corrected chi connectivity index (χ1v) is 17.7. The summed E-state index contributed by atoms with van der Waals surface area (Å²) in [4.78, 5) is 41.9. The lowest BCUT2D eigenvalue weighted by atomic mass is 9.83. The molecule has 1 saturated carbocycles. The molecule has 1 fully saturated rings. The number of hydrogen-bond acceptors (Lipinski definition) is 6. The van der Waals surface area contributed by atoms with Gasteiger partial charge in [-0.2, -0.15) is 5.10 Å². The Morgan fingerprint density at radius 2 is 1.80 bits per heavy atom. The van der Waals surface area contributed by atoms with Crippen molar-refractivity contribution in [2.24, 2.45) is 0 Å². The van der Waals surface area contributed by atoms with Crippen molar-refractivity contribution in [1.29, 1.82) is 0 Å². The van der Waals surface area contributed by atoms with Crippen LogP contribution in [-0.4, -0.2) is 54.0 Å². The predicted molar refractivity (Wildman–Crippen MR) is 156 cm³/mol. The number of fused-ring (bicyclic) bond motifs is 2. The Hall–Kier alpha value is -3.41. The van der Waals surface area contributed by atoms with E-state index in [1.165, 1.54) is 11.0 Å². The summed E-state index contributed by atoms with van der Waals surface area (Å²) in [6.45, 7) is 16.4. The number of ether oxygens (including phenoxy) is 2. The van der Waals surface area contributed by atoms with Gasteiger partial charge in [-0.3, -0.25) is 4.79 Å². The van der Waals surface area contributed by atoms with E-state index in [0.717, 1.165) is 29.5 Å². The Labute approximate surface area is 240 Å². The summed E-state index contributed by atoms with van der Waals surface area (Å²) in [5, 5.41) is 9.87. The second-order valence-electron chi connectivity index (χ2n) is 13.5. The summed E-state index contributed by atoms with van der Waals surface area (Å²) >= 11 is 0. The fraction of sp³-hybridized carbons (Fsp3) is 0.586. The van der Waals surface area contributed by atoms with E-state index in [1.807, 2.05) is 13.8 Å². The van der Waals surface area contributed by atoms with E-state index in [-0.39, 0.29) is 36.0 Å². The molecule has 2 aromatic rings. The zero-order valence-electron chi connectivity index (χ0n) is 25.2. The van der Waals surface area contributed by atoms with Crippen molar-refractivity contribution in [3.63, 3.8) is 0 Å². The molecule has 0 radical (unpaired) electrons. The van der Waals surface area contributed by atoms with Crippen LogP contribution in [0.3, 0.4) is 0 Å². The summed E-state index contributed by atoms with van der Waals surface area (Å²) in [7, 11) is -1.91. The number of carbonyl (C=O) groups is 3. The number of urea groups is 1. The van der Waals surface area contributed by atoms with Crippen molar-refractivity contribution in [3.8, 4) is 5.75 Å². The van der Waals surface area contributed by atoms with Gasteiger partial charge in [0.05, 0.1) is 39.1 Å². The van der Waals surface area contributed by atoms with Gasteiger partial charge in [-0.1, -0.05) is 46.0 Å². The maximum atomic E-state index is 15.0. The molecule has 1 aliphatic carbocycles. The second-order valence-corrected chi connectivity index (χ2v) is 18.9. The lowest BCUT2D eigenvalue weighted by Crippen LogP contribution is -2.52. The van der Waals surface area contributed by atoms with Gasteiger partial charge < -0.3 is 25.0 Å². The highest BCUT2D eigenvalue weighted by Gasteiger charge is 2.54. The minimum absolute atomic E-state index is 0.00871. The van der Waals surface area contributed by atoms with Crippen LogP contribution in [0.1, 0.15) is 70.7 Å².